The first-order valence-corrected chi connectivity index (χ1v) is 9.95. The fourth-order valence-corrected chi connectivity index (χ4v) is 4.68. The van der Waals surface area contributed by atoms with E-state index in [0.29, 0.717) is 12.3 Å². The SMILES string of the molecule is C/C=C/[C@H]1CO[C@H](CC[C@H]2CC[C@H](C3CC=C(F)CC3)CC2)OC1. The van der Waals surface area contributed by atoms with Gasteiger partial charge in [-0.3, -0.25) is 0 Å². The van der Waals surface area contributed by atoms with Gasteiger partial charge in [-0.1, -0.05) is 31.1 Å². The van der Waals surface area contributed by atoms with Gasteiger partial charge in [0.15, 0.2) is 6.29 Å². The van der Waals surface area contributed by atoms with Gasteiger partial charge in [0.1, 0.15) is 0 Å². The number of halogens is 1. The molecule has 0 bridgehead atoms. The Kier molecular flexibility index (Phi) is 6.91. The highest BCUT2D eigenvalue weighted by molar-refractivity contribution is 4.99. The van der Waals surface area contributed by atoms with Gasteiger partial charge in [0.2, 0.25) is 0 Å². The number of ether oxygens (including phenoxy) is 2. The predicted molar refractivity (Wildman–Crippen MR) is 95.2 cm³/mol. The number of allylic oxidation sites excluding steroid dienone is 3. The molecule has 1 heterocycles. The quantitative estimate of drug-likeness (QED) is 0.591. The predicted octanol–water partition coefficient (Wildman–Crippen LogP) is 5.79. The second-order valence-corrected chi connectivity index (χ2v) is 7.93. The van der Waals surface area contributed by atoms with Gasteiger partial charge in [0, 0.05) is 5.92 Å². The van der Waals surface area contributed by atoms with Gasteiger partial charge in [-0.15, -0.1) is 0 Å². The van der Waals surface area contributed by atoms with E-state index in [2.05, 4.69) is 12.2 Å². The molecule has 3 heteroatoms. The Labute approximate surface area is 146 Å². The molecule has 0 amide bonds. The van der Waals surface area contributed by atoms with Crippen LogP contribution in [0.4, 0.5) is 4.39 Å². The molecule has 1 aliphatic heterocycles. The zero-order valence-corrected chi connectivity index (χ0v) is 15.1. The molecule has 24 heavy (non-hydrogen) atoms. The molecular weight excluding hydrogens is 303 g/mol. The minimum atomic E-state index is 0.00989. The molecule has 0 aromatic heterocycles. The van der Waals surface area contributed by atoms with E-state index in [1.165, 1.54) is 32.1 Å². The van der Waals surface area contributed by atoms with Crippen LogP contribution in [0.25, 0.3) is 0 Å². The molecule has 0 N–H and O–H groups in total. The average Bonchev–Trinajstić information content (AvgIpc) is 2.63. The number of hydrogen-bond donors (Lipinski definition) is 0. The first-order chi connectivity index (χ1) is 11.7. The van der Waals surface area contributed by atoms with Crippen molar-refractivity contribution in [2.75, 3.05) is 13.2 Å². The zero-order valence-electron chi connectivity index (χ0n) is 15.1. The molecule has 3 rings (SSSR count). The maximum atomic E-state index is 13.2. The molecule has 0 radical (unpaired) electrons. The first-order valence-electron chi connectivity index (χ1n) is 9.95. The smallest absolute Gasteiger partial charge is 0.157 e. The Balaban J connectivity index is 1.32. The molecule has 1 unspecified atom stereocenters. The lowest BCUT2D eigenvalue weighted by atomic mass is 9.71. The summed E-state index contributed by atoms with van der Waals surface area (Å²) >= 11 is 0. The van der Waals surface area contributed by atoms with E-state index in [1.54, 1.807) is 0 Å². The van der Waals surface area contributed by atoms with Gasteiger partial charge in [0.25, 0.3) is 0 Å². The van der Waals surface area contributed by atoms with Gasteiger partial charge < -0.3 is 9.47 Å². The summed E-state index contributed by atoms with van der Waals surface area (Å²) in [6, 6.07) is 0. The topological polar surface area (TPSA) is 18.5 Å². The van der Waals surface area contributed by atoms with Crippen LogP contribution in [0.3, 0.4) is 0 Å². The highest BCUT2D eigenvalue weighted by atomic mass is 19.1. The molecule has 2 nitrogen and oxygen atoms in total. The van der Waals surface area contributed by atoms with Gasteiger partial charge in [-0.2, -0.15) is 0 Å². The van der Waals surface area contributed by atoms with E-state index in [-0.39, 0.29) is 12.1 Å². The second-order valence-electron chi connectivity index (χ2n) is 7.93. The molecule has 2 fully saturated rings. The van der Waals surface area contributed by atoms with Crippen molar-refractivity contribution in [3.05, 3.63) is 24.1 Å². The fourth-order valence-electron chi connectivity index (χ4n) is 4.68. The third-order valence-electron chi connectivity index (χ3n) is 6.22. The molecule has 3 aliphatic rings. The summed E-state index contributed by atoms with van der Waals surface area (Å²) in [5, 5.41) is 0. The van der Waals surface area contributed by atoms with E-state index < -0.39 is 0 Å². The summed E-state index contributed by atoms with van der Waals surface area (Å²) in [6.07, 6.45) is 16.4. The lowest BCUT2D eigenvalue weighted by Gasteiger charge is -2.35. The second kappa shape index (κ2) is 9.15. The molecular formula is C21H33FO2. The van der Waals surface area contributed by atoms with Crippen molar-refractivity contribution in [1.82, 2.24) is 0 Å². The van der Waals surface area contributed by atoms with Gasteiger partial charge in [0.05, 0.1) is 19.0 Å². The minimum absolute atomic E-state index is 0.00989. The molecule has 2 aliphatic carbocycles. The lowest BCUT2D eigenvalue weighted by molar-refractivity contribution is -0.197. The van der Waals surface area contributed by atoms with Crippen molar-refractivity contribution in [1.29, 1.82) is 0 Å². The summed E-state index contributed by atoms with van der Waals surface area (Å²) in [4.78, 5) is 0. The molecule has 1 saturated heterocycles. The largest absolute Gasteiger partial charge is 0.352 e. The Morgan fingerprint density at radius 1 is 1.04 bits per heavy atom. The third kappa shape index (κ3) is 5.16. The van der Waals surface area contributed by atoms with Crippen molar-refractivity contribution in [2.45, 2.75) is 71.0 Å². The molecule has 0 aromatic rings. The Bertz CT molecular complexity index is 429. The van der Waals surface area contributed by atoms with Gasteiger partial charge in [-0.25, -0.2) is 4.39 Å². The van der Waals surface area contributed by atoms with E-state index >= 15 is 0 Å². The summed E-state index contributed by atoms with van der Waals surface area (Å²) < 4.78 is 24.9. The highest BCUT2D eigenvalue weighted by Gasteiger charge is 2.29. The zero-order chi connectivity index (χ0) is 16.8. The number of rotatable bonds is 5. The van der Waals surface area contributed by atoms with E-state index in [1.807, 2.05) is 13.0 Å². The third-order valence-corrected chi connectivity index (χ3v) is 6.22. The fraction of sp³-hybridized carbons (Fsp3) is 0.810. The first kappa shape index (κ1) is 18.1. The van der Waals surface area contributed by atoms with Crippen molar-refractivity contribution < 1.29 is 13.9 Å². The van der Waals surface area contributed by atoms with Crippen LogP contribution in [0.2, 0.25) is 0 Å². The Morgan fingerprint density at radius 3 is 2.42 bits per heavy atom. The molecule has 136 valence electrons. The van der Waals surface area contributed by atoms with E-state index in [9.17, 15) is 4.39 Å². The van der Waals surface area contributed by atoms with Crippen molar-refractivity contribution in [3.8, 4) is 0 Å². The summed E-state index contributed by atoms with van der Waals surface area (Å²) in [5.41, 5.74) is 0. The molecule has 0 aromatic carbocycles. The number of hydrogen-bond acceptors (Lipinski definition) is 2. The van der Waals surface area contributed by atoms with Crippen molar-refractivity contribution >= 4 is 0 Å². The molecule has 1 atom stereocenters. The summed E-state index contributed by atoms with van der Waals surface area (Å²) in [6.45, 7) is 3.64. The lowest BCUT2D eigenvalue weighted by Crippen LogP contribution is -2.31. The molecule has 0 spiro atoms. The maximum Gasteiger partial charge on any atom is 0.157 e. The van der Waals surface area contributed by atoms with Crippen molar-refractivity contribution in [2.24, 2.45) is 23.7 Å². The average molecular weight is 336 g/mol. The van der Waals surface area contributed by atoms with Crippen LogP contribution in [0.1, 0.15) is 64.7 Å². The monoisotopic (exact) mass is 336 g/mol. The van der Waals surface area contributed by atoms with E-state index in [4.69, 9.17) is 9.47 Å². The molecule has 1 saturated carbocycles. The van der Waals surface area contributed by atoms with Crippen LogP contribution in [0.15, 0.2) is 24.1 Å². The van der Waals surface area contributed by atoms with Gasteiger partial charge in [-0.05, 0) is 69.6 Å². The maximum absolute atomic E-state index is 13.2. The van der Waals surface area contributed by atoms with Crippen LogP contribution in [0, 0.1) is 23.7 Å². The van der Waals surface area contributed by atoms with E-state index in [0.717, 1.165) is 50.2 Å². The normalized spacial score (nSPS) is 38.2. The highest BCUT2D eigenvalue weighted by Crippen LogP contribution is 2.41. The van der Waals surface area contributed by atoms with Crippen molar-refractivity contribution in [3.63, 3.8) is 0 Å². The van der Waals surface area contributed by atoms with Crippen LogP contribution in [-0.2, 0) is 9.47 Å². The van der Waals surface area contributed by atoms with Crippen LogP contribution >= 0.6 is 0 Å². The van der Waals surface area contributed by atoms with Gasteiger partial charge >= 0.3 is 0 Å². The standard InChI is InChI=1S/C21H33FO2/c1-2-3-17-14-23-21(24-15-17)13-6-16-4-7-18(8-5-16)19-9-11-20(22)12-10-19/h2-3,11,16-19,21H,4-10,12-15H2,1H3/b3-2+/t16-,17-,18-,19?,21-. The summed E-state index contributed by atoms with van der Waals surface area (Å²) in [7, 11) is 0. The van der Waals surface area contributed by atoms with Crippen LogP contribution in [0.5, 0.6) is 0 Å². The summed E-state index contributed by atoms with van der Waals surface area (Å²) in [5.74, 6) is 2.94. The Hall–Kier alpha value is -0.670. The van der Waals surface area contributed by atoms with Crippen LogP contribution < -0.4 is 0 Å². The Morgan fingerprint density at radius 2 is 1.79 bits per heavy atom. The van der Waals surface area contributed by atoms with Crippen LogP contribution in [-0.4, -0.2) is 19.5 Å². The minimum Gasteiger partial charge on any atom is -0.352 e.